The zero-order chi connectivity index (χ0) is 24.4. The molecule has 0 atom stereocenters. The van der Waals surface area contributed by atoms with Crippen molar-refractivity contribution >= 4 is 5.69 Å². The standard InChI is InChI=1S/C30H53N/c1-25(2,3)22-18-21(16-17-23(22)31(26(4,5)6)27(7,8)9)24-29(12,13)19-28(10,11)20-30(24,14)15/h16-18,24H,19-20H2,1-15H3. The van der Waals surface area contributed by atoms with Crippen molar-refractivity contribution < 1.29 is 0 Å². The van der Waals surface area contributed by atoms with Crippen LogP contribution < -0.4 is 4.90 Å². The van der Waals surface area contributed by atoms with Crippen molar-refractivity contribution in [1.29, 1.82) is 0 Å². The van der Waals surface area contributed by atoms with E-state index in [-0.39, 0.29) is 27.3 Å². The highest BCUT2D eigenvalue weighted by Crippen LogP contribution is 2.62. The maximum atomic E-state index is 2.63. The average Bonchev–Trinajstić information content (AvgIpc) is 2.39. The first-order valence-electron chi connectivity index (χ1n) is 12.4. The molecule has 0 bridgehead atoms. The van der Waals surface area contributed by atoms with Gasteiger partial charge in [-0.15, -0.1) is 0 Å². The van der Waals surface area contributed by atoms with Gasteiger partial charge in [-0.1, -0.05) is 74.4 Å². The van der Waals surface area contributed by atoms with E-state index in [0.29, 0.717) is 11.3 Å². The van der Waals surface area contributed by atoms with E-state index in [4.69, 9.17) is 0 Å². The topological polar surface area (TPSA) is 3.24 Å². The fraction of sp³-hybridized carbons (Fsp3) is 0.800. The fourth-order valence-electron chi connectivity index (χ4n) is 7.95. The van der Waals surface area contributed by atoms with Crippen LogP contribution in [0.25, 0.3) is 0 Å². The van der Waals surface area contributed by atoms with Gasteiger partial charge in [-0.2, -0.15) is 0 Å². The zero-order valence-electron chi connectivity index (χ0n) is 23.7. The lowest BCUT2D eigenvalue weighted by Crippen LogP contribution is -2.53. The average molecular weight is 428 g/mol. The molecule has 1 nitrogen and oxygen atoms in total. The predicted octanol–water partition coefficient (Wildman–Crippen LogP) is 9.34. The van der Waals surface area contributed by atoms with Gasteiger partial charge < -0.3 is 4.90 Å². The third kappa shape index (κ3) is 5.51. The van der Waals surface area contributed by atoms with E-state index in [9.17, 15) is 0 Å². The van der Waals surface area contributed by atoms with Gasteiger partial charge in [-0.25, -0.2) is 0 Å². The lowest BCUT2D eigenvalue weighted by Gasteiger charge is -2.56. The van der Waals surface area contributed by atoms with E-state index in [2.05, 4.69) is 127 Å². The number of nitrogens with zero attached hydrogens (tertiary/aromatic N) is 1. The van der Waals surface area contributed by atoms with Crippen LogP contribution in [0.2, 0.25) is 0 Å². The molecule has 0 N–H and O–H groups in total. The lowest BCUT2D eigenvalue weighted by atomic mass is 9.49. The summed E-state index contributed by atoms with van der Waals surface area (Å²) in [6.07, 6.45) is 2.55. The summed E-state index contributed by atoms with van der Waals surface area (Å²) in [6.45, 7) is 36.1. The Hall–Kier alpha value is -0.980. The minimum absolute atomic E-state index is 0.0488. The Morgan fingerprint density at radius 3 is 1.48 bits per heavy atom. The minimum atomic E-state index is 0.0488. The Balaban J connectivity index is 2.75. The summed E-state index contributed by atoms with van der Waals surface area (Å²) in [5.74, 6) is 0.556. The van der Waals surface area contributed by atoms with Gasteiger partial charge in [-0.3, -0.25) is 0 Å². The van der Waals surface area contributed by atoms with Crippen molar-refractivity contribution in [3.8, 4) is 0 Å². The molecule has 1 fully saturated rings. The molecule has 31 heavy (non-hydrogen) atoms. The van der Waals surface area contributed by atoms with Crippen LogP contribution in [0.1, 0.15) is 134 Å². The first-order valence-corrected chi connectivity index (χ1v) is 12.4. The maximum absolute atomic E-state index is 2.63. The Labute approximate surface area is 195 Å². The molecule has 0 aliphatic heterocycles. The van der Waals surface area contributed by atoms with E-state index in [1.165, 1.54) is 29.7 Å². The largest absolute Gasteiger partial charge is 0.362 e. The molecule has 1 heteroatoms. The summed E-state index contributed by atoms with van der Waals surface area (Å²) in [5.41, 5.74) is 5.52. The Morgan fingerprint density at radius 1 is 0.710 bits per heavy atom. The second kappa shape index (κ2) is 7.53. The van der Waals surface area contributed by atoms with Gasteiger partial charge in [0.25, 0.3) is 0 Å². The second-order valence-electron chi connectivity index (χ2n) is 15.6. The van der Waals surface area contributed by atoms with Gasteiger partial charge in [0.2, 0.25) is 0 Å². The summed E-state index contributed by atoms with van der Waals surface area (Å²) < 4.78 is 0. The molecule has 0 amide bonds. The summed E-state index contributed by atoms with van der Waals surface area (Å²) >= 11 is 0. The highest BCUT2D eigenvalue weighted by atomic mass is 15.2. The van der Waals surface area contributed by atoms with Gasteiger partial charge in [0.1, 0.15) is 0 Å². The van der Waals surface area contributed by atoms with Crippen molar-refractivity contribution in [2.45, 2.75) is 139 Å². The van der Waals surface area contributed by atoms with Crippen molar-refractivity contribution in [2.75, 3.05) is 4.90 Å². The van der Waals surface area contributed by atoms with Crippen LogP contribution in [0.15, 0.2) is 18.2 Å². The van der Waals surface area contributed by atoms with Crippen molar-refractivity contribution in [2.24, 2.45) is 16.2 Å². The summed E-state index contributed by atoms with van der Waals surface area (Å²) in [5, 5.41) is 0. The molecular formula is C30H53N. The highest BCUT2D eigenvalue weighted by molar-refractivity contribution is 5.61. The number of rotatable bonds is 2. The third-order valence-electron chi connectivity index (χ3n) is 7.18. The molecule has 0 saturated heterocycles. The highest BCUT2D eigenvalue weighted by Gasteiger charge is 2.51. The molecule has 0 radical (unpaired) electrons. The number of hydrogen-bond donors (Lipinski definition) is 0. The van der Waals surface area contributed by atoms with Crippen LogP contribution in [-0.2, 0) is 5.41 Å². The van der Waals surface area contributed by atoms with Crippen LogP contribution in [-0.4, -0.2) is 11.1 Å². The molecule has 2 rings (SSSR count). The molecule has 0 heterocycles. The first kappa shape index (κ1) is 26.3. The summed E-state index contributed by atoms with van der Waals surface area (Å²) in [6, 6.07) is 7.48. The molecule has 178 valence electrons. The van der Waals surface area contributed by atoms with Gasteiger partial charge in [0.15, 0.2) is 0 Å². The first-order chi connectivity index (χ1) is 13.5. The summed E-state index contributed by atoms with van der Waals surface area (Å²) in [4.78, 5) is 2.63. The molecular weight excluding hydrogens is 374 g/mol. The van der Waals surface area contributed by atoms with Gasteiger partial charge in [0.05, 0.1) is 0 Å². The number of hydrogen-bond acceptors (Lipinski definition) is 1. The van der Waals surface area contributed by atoms with Crippen molar-refractivity contribution in [1.82, 2.24) is 0 Å². The van der Waals surface area contributed by atoms with E-state index >= 15 is 0 Å². The minimum Gasteiger partial charge on any atom is -0.362 e. The van der Waals surface area contributed by atoms with E-state index < -0.39 is 0 Å². The zero-order valence-corrected chi connectivity index (χ0v) is 23.7. The smallest absolute Gasteiger partial charge is 0.0413 e. The molecule has 0 spiro atoms. The molecule has 0 unspecified atom stereocenters. The Morgan fingerprint density at radius 2 is 1.13 bits per heavy atom. The van der Waals surface area contributed by atoms with Gasteiger partial charge in [-0.05, 0) is 99.2 Å². The molecule has 1 saturated carbocycles. The number of benzene rings is 1. The van der Waals surface area contributed by atoms with E-state index in [0.717, 1.165) is 0 Å². The Kier molecular flexibility index (Phi) is 6.38. The van der Waals surface area contributed by atoms with Crippen molar-refractivity contribution in [3.63, 3.8) is 0 Å². The van der Waals surface area contributed by atoms with Crippen molar-refractivity contribution in [3.05, 3.63) is 29.3 Å². The normalized spacial score (nSPS) is 21.8. The maximum Gasteiger partial charge on any atom is 0.0413 e. The van der Waals surface area contributed by atoms with E-state index in [1.807, 2.05) is 0 Å². The predicted molar refractivity (Wildman–Crippen MR) is 140 cm³/mol. The third-order valence-corrected chi connectivity index (χ3v) is 7.18. The molecule has 1 aliphatic carbocycles. The number of anilines is 1. The Bertz CT molecular complexity index is 753. The van der Waals surface area contributed by atoms with Crippen LogP contribution in [0.5, 0.6) is 0 Å². The quantitative estimate of drug-likeness (QED) is 0.454. The van der Waals surface area contributed by atoms with Crippen LogP contribution >= 0.6 is 0 Å². The molecule has 1 aliphatic rings. The molecule has 0 aromatic heterocycles. The SMILES string of the molecule is CC1(C)CC(C)(C)C(c2ccc(N(C(C)(C)C)C(C)(C)C)c(C(C)(C)C)c2)C(C)(C)C1. The van der Waals surface area contributed by atoms with E-state index in [1.54, 1.807) is 0 Å². The summed E-state index contributed by atoms with van der Waals surface area (Å²) in [7, 11) is 0. The van der Waals surface area contributed by atoms with Crippen LogP contribution in [0.4, 0.5) is 5.69 Å². The van der Waals surface area contributed by atoms with Crippen LogP contribution in [0.3, 0.4) is 0 Å². The second-order valence-corrected chi connectivity index (χ2v) is 15.6. The van der Waals surface area contributed by atoms with Crippen LogP contribution in [0, 0.1) is 16.2 Å². The van der Waals surface area contributed by atoms with Gasteiger partial charge >= 0.3 is 0 Å². The monoisotopic (exact) mass is 427 g/mol. The van der Waals surface area contributed by atoms with Gasteiger partial charge in [0, 0.05) is 16.8 Å². The molecule has 1 aromatic rings. The fourth-order valence-corrected chi connectivity index (χ4v) is 7.95. The molecule has 1 aromatic carbocycles. The lowest BCUT2D eigenvalue weighted by molar-refractivity contribution is -0.00958.